The van der Waals surface area contributed by atoms with Crippen LogP contribution >= 0.6 is 15.9 Å². The van der Waals surface area contributed by atoms with E-state index in [9.17, 15) is 9.50 Å². The standard InChI is InChI=1S/C24H22BrFN2O2/c1-2-30-22-11-5-10-19(23(22)29)21-14-20(15-6-3-8-17(25)12-15)27-24(28-21)16-7-4-9-18(26)13-16/h3-13,21,24,28-29H,2,14H2,1H3/t21-,24+/m1/s1. The van der Waals surface area contributed by atoms with Crippen molar-refractivity contribution in [1.82, 2.24) is 5.32 Å². The van der Waals surface area contributed by atoms with Gasteiger partial charge in [-0.2, -0.15) is 0 Å². The first-order valence-corrected chi connectivity index (χ1v) is 10.6. The van der Waals surface area contributed by atoms with E-state index in [1.165, 1.54) is 12.1 Å². The highest BCUT2D eigenvalue weighted by atomic mass is 79.9. The van der Waals surface area contributed by atoms with Gasteiger partial charge in [0, 0.05) is 28.2 Å². The number of rotatable bonds is 5. The summed E-state index contributed by atoms with van der Waals surface area (Å²) in [6, 6.07) is 19.6. The van der Waals surface area contributed by atoms with Gasteiger partial charge in [-0.05, 0) is 48.4 Å². The SMILES string of the molecule is CCOc1cccc([C@H]2CC(c3cccc(Br)c3)=N[C@H](c3cccc(F)c3)N2)c1O. The first-order chi connectivity index (χ1) is 14.5. The summed E-state index contributed by atoms with van der Waals surface area (Å²) in [7, 11) is 0. The second kappa shape index (κ2) is 8.98. The average molecular weight is 469 g/mol. The lowest BCUT2D eigenvalue weighted by Crippen LogP contribution is -2.33. The molecule has 0 fully saturated rings. The molecule has 6 heteroatoms. The summed E-state index contributed by atoms with van der Waals surface area (Å²) >= 11 is 3.52. The van der Waals surface area contributed by atoms with E-state index in [1.54, 1.807) is 12.1 Å². The lowest BCUT2D eigenvalue weighted by molar-refractivity contribution is 0.313. The van der Waals surface area contributed by atoms with Crippen LogP contribution in [-0.2, 0) is 0 Å². The van der Waals surface area contributed by atoms with E-state index in [0.717, 1.165) is 26.9 Å². The van der Waals surface area contributed by atoms with Crippen LogP contribution in [0.25, 0.3) is 0 Å². The second-order valence-electron chi connectivity index (χ2n) is 7.09. The summed E-state index contributed by atoms with van der Waals surface area (Å²) in [5.41, 5.74) is 3.32. The molecule has 0 radical (unpaired) electrons. The molecular weight excluding hydrogens is 447 g/mol. The predicted molar refractivity (Wildman–Crippen MR) is 120 cm³/mol. The topological polar surface area (TPSA) is 53.8 Å². The zero-order valence-electron chi connectivity index (χ0n) is 16.5. The number of aromatic hydroxyl groups is 1. The number of aliphatic imine (C=N–C) groups is 1. The van der Waals surface area contributed by atoms with Crippen LogP contribution in [0, 0.1) is 5.82 Å². The van der Waals surface area contributed by atoms with Crippen LogP contribution in [-0.4, -0.2) is 17.4 Å². The quantitative estimate of drug-likeness (QED) is 0.488. The maximum absolute atomic E-state index is 13.9. The maximum Gasteiger partial charge on any atom is 0.162 e. The number of halogens is 2. The van der Waals surface area contributed by atoms with Gasteiger partial charge < -0.3 is 9.84 Å². The molecule has 3 aromatic rings. The van der Waals surface area contributed by atoms with Gasteiger partial charge in [-0.25, -0.2) is 4.39 Å². The highest BCUT2D eigenvalue weighted by Gasteiger charge is 2.28. The molecule has 0 amide bonds. The van der Waals surface area contributed by atoms with Gasteiger partial charge in [0.2, 0.25) is 0 Å². The molecule has 4 nitrogen and oxygen atoms in total. The smallest absolute Gasteiger partial charge is 0.162 e. The van der Waals surface area contributed by atoms with Crippen molar-refractivity contribution in [2.24, 2.45) is 4.99 Å². The Hall–Kier alpha value is -2.70. The summed E-state index contributed by atoms with van der Waals surface area (Å²) in [6.07, 6.45) is 0.134. The number of phenolic OH excluding ortho intramolecular Hbond substituents is 1. The van der Waals surface area contributed by atoms with Crippen molar-refractivity contribution in [3.05, 3.63) is 93.7 Å². The van der Waals surface area contributed by atoms with Crippen molar-refractivity contribution < 1.29 is 14.2 Å². The van der Waals surface area contributed by atoms with Crippen molar-refractivity contribution in [3.8, 4) is 11.5 Å². The van der Waals surface area contributed by atoms with Crippen molar-refractivity contribution in [2.45, 2.75) is 25.6 Å². The Morgan fingerprint density at radius 3 is 2.70 bits per heavy atom. The van der Waals surface area contributed by atoms with Crippen LogP contribution in [0.15, 0.2) is 76.2 Å². The number of ether oxygens (including phenoxy) is 1. The van der Waals surface area contributed by atoms with Crippen molar-refractivity contribution in [1.29, 1.82) is 0 Å². The van der Waals surface area contributed by atoms with E-state index in [-0.39, 0.29) is 17.6 Å². The molecule has 4 rings (SSSR count). The van der Waals surface area contributed by atoms with E-state index in [2.05, 4.69) is 21.2 Å². The van der Waals surface area contributed by atoms with Crippen LogP contribution in [0.3, 0.4) is 0 Å². The molecule has 0 aliphatic carbocycles. The van der Waals surface area contributed by atoms with Gasteiger partial charge in [0.25, 0.3) is 0 Å². The Morgan fingerprint density at radius 1 is 1.13 bits per heavy atom. The number of benzene rings is 3. The number of phenols is 1. The van der Waals surface area contributed by atoms with Gasteiger partial charge in [-0.15, -0.1) is 0 Å². The average Bonchev–Trinajstić information content (AvgIpc) is 2.75. The Labute approximate surface area is 183 Å². The van der Waals surface area contributed by atoms with Crippen molar-refractivity contribution >= 4 is 21.6 Å². The molecule has 2 N–H and O–H groups in total. The molecule has 0 unspecified atom stereocenters. The molecule has 30 heavy (non-hydrogen) atoms. The molecule has 1 aliphatic heterocycles. The highest BCUT2D eigenvalue weighted by Crippen LogP contribution is 2.39. The van der Waals surface area contributed by atoms with Gasteiger partial charge in [-0.1, -0.05) is 52.3 Å². The van der Waals surface area contributed by atoms with Crippen LogP contribution in [0.1, 0.15) is 42.2 Å². The zero-order chi connectivity index (χ0) is 21.1. The molecule has 0 aromatic heterocycles. The van der Waals surface area contributed by atoms with Crippen molar-refractivity contribution in [3.63, 3.8) is 0 Å². The highest BCUT2D eigenvalue weighted by molar-refractivity contribution is 9.10. The normalized spacial score (nSPS) is 18.7. The molecule has 0 saturated heterocycles. The van der Waals surface area contributed by atoms with Crippen LogP contribution < -0.4 is 10.1 Å². The molecular formula is C24H22BrFN2O2. The van der Waals surface area contributed by atoms with E-state index in [4.69, 9.17) is 9.73 Å². The van der Waals surface area contributed by atoms with Crippen LogP contribution in [0.2, 0.25) is 0 Å². The third kappa shape index (κ3) is 4.40. The van der Waals surface area contributed by atoms with Crippen LogP contribution in [0.5, 0.6) is 11.5 Å². The number of nitrogens with one attached hydrogen (secondary N) is 1. The summed E-state index contributed by atoms with van der Waals surface area (Å²) in [4.78, 5) is 4.87. The first kappa shape index (κ1) is 20.6. The number of hydrogen-bond acceptors (Lipinski definition) is 4. The van der Waals surface area contributed by atoms with E-state index in [0.29, 0.717) is 18.8 Å². The number of para-hydroxylation sites is 1. The summed E-state index contributed by atoms with van der Waals surface area (Å²) < 4.78 is 20.4. The fraction of sp³-hybridized carbons (Fsp3) is 0.208. The fourth-order valence-corrected chi connectivity index (χ4v) is 4.09. The Morgan fingerprint density at radius 2 is 1.93 bits per heavy atom. The maximum atomic E-state index is 13.9. The Balaban J connectivity index is 1.77. The summed E-state index contributed by atoms with van der Waals surface area (Å²) in [5.74, 6) is 0.257. The van der Waals surface area contributed by atoms with Crippen molar-refractivity contribution in [2.75, 3.05) is 6.61 Å². The van der Waals surface area contributed by atoms with Gasteiger partial charge in [0.15, 0.2) is 11.5 Å². The van der Waals surface area contributed by atoms with Gasteiger partial charge >= 0.3 is 0 Å². The lowest BCUT2D eigenvalue weighted by Gasteiger charge is -2.31. The molecule has 0 bridgehead atoms. The second-order valence-corrected chi connectivity index (χ2v) is 8.01. The molecule has 154 valence electrons. The number of nitrogens with zero attached hydrogens (tertiary/aromatic N) is 1. The predicted octanol–water partition coefficient (Wildman–Crippen LogP) is 5.92. The minimum atomic E-state index is -0.441. The minimum Gasteiger partial charge on any atom is -0.504 e. The van der Waals surface area contributed by atoms with Gasteiger partial charge in [0.1, 0.15) is 12.0 Å². The first-order valence-electron chi connectivity index (χ1n) is 9.84. The van der Waals surface area contributed by atoms with Gasteiger partial charge in [-0.3, -0.25) is 10.3 Å². The largest absolute Gasteiger partial charge is 0.504 e. The van der Waals surface area contributed by atoms with Gasteiger partial charge in [0.05, 0.1) is 6.61 Å². The van der Waals surface area contributed by atoms with E-state index >= 15 is 0 Å². The molecule has 0 saturated carbocycles. The Bertz CT molecular complexity index is 1090. The number of hydrogen-bond donors (Lipinski definition) is 2. The van der Waals surface area contributed by atoms with Crippen LogP contribution in [0.4, 0.5) is 4.39 Å². The Kier molecular flexibility index (Phi) is 6.16. The van der Waals surface area contributed by atoms with E-state index in [1.807, 2.05) is 49.4 Å². The third-order valence-electron chi connectivity index (χ3n) is 5.07. The molecule has 3 aromatic carbocycles. The summed E-state index contributed by atoms with van der Waals surface area (Å²) in [6.45, 7) is 2.34. The molecule has 0 spiro atoms. The molecule has 1 heterocycles. The molecule has 2 atom stereocenters. The lowest BCUT2D eigenvalue weighted by atomic mass is 9.93. The zero-order valence-corrected chi connectivity index (χ0v) is 18.1. The van der Waals surface area contributed by atoms with E-state index < -0.39 is 6.17 Å². The third-order valence-corrected chi connectivity index (χ3v) is 5.56. The molecule has 1 aliphatic rings. The summed E-state index contributed by atoms with van der Waals surface area (Å²) in [5, 5.41) is 14.3. The fourth-order valence-electron chi connectivity index (χ4n) is 3.69. The minimum absolute atomic E-state index is 0.116. The monoisotopic (exact) mass is 468 g/mol.